The van der Waals surface area contributed by atoms with Gasteiger partial charge in [0.1, 0.15) is 0 Å². The Kier molecular flexibility index (Phi) is 7.55. The summed E-state index contributed by atoms with van der Waals surface area (Å²) in [6.07, 6.45) is 4.09. The van der Waals surface area contributed by atoms with E-state index >= 15 is 0 Å². The highest BCUT2D eigenvalue weighted by molar-refractivity contribution is 7.84. The van der Waals surface area contributed by atoms with Crippen molar-refractivity contribution in [1.82, 2.24) is 10.2 Å². The van der Waals surface area contributed by atoms with Crippen LogP contribution in [-0.4, -0.2) is 52.8 Å². The van der Waals surface area contributed by atoms with E-state index in [1.54, 1.807) is 6.26 Å². The monoisotopic (exact) mass is 288 g/mol. The van der Waals surface area contributed by atoms with Crippen molar-refractivity contribution < 1.29 is 4.21 Å². The van der Waals surface area contributed by atoms with Gasteiger partial charge in [0.25, 0.3) is 0 Å². The molecule has 0 amide bonds. The van der Waals surface area contributed by atoms with Crippen molar-refractivity contribution in [3.63, 3.8) is 0 Å². The van der Waals surface area contributed by atoms with Gasteiger partial charge in [0.15, 0.2) is 0 Å². The molecule has 1 aliphatic rings. The van der Waals surface area contributed by atoms with Gasteiger partial charge in [-0.15, -0.1) is 0 Å². The van der Waals surface area contributed by atoms with Gasteiger partial charge in [-0.3, -0.25) is 9.11 Å². The van der Waals surface area contributed by atoms with Crippen molar-refractivity contribution in [1.29, 1.82) is 0 Å². The highest BCUT2D eigenvalue weighted by Gasteiger charge is 2.31. The van der Waals surface area contributed by atoms with Gasteiger partial charge in [-0.1, -0.05) is 34.1 Å². The molecule has 0 saturated carbocycles. The first-order valence-electron chi connectivity index (χ1n) is 7.73. The normalized spacial score (nSPS) is 28.5. The second-order valence-electron chi connectivity index (χ2n) is 6.34. The molecule has 0 aromatic carbocycles. The van der Waals surface area contributed by atoms with Crippen LogP contribution in [0.3, 0.4) is 0 Å². The van der Waals surface area contributed by atoms with Gasteiger partial charge >= 0.3 is 0 Å². The van der Waals surface area contributed by atoms with Crippen LogP contribution < -0.4 is 5.32 Å². The van der Waals surface area contributed by atoms with Gasteiger partial charge in [-0.25, -0.2) is 0 Å². The molecule has 0 bridgehead atoms. The number of nitrogens with one attached hydrogen (secondary N) is 1. The molecule has 4 unspecified atom stereocenters. The fourth-order valence-corrected chi connectivity index (χ4v) is 3.44. The minimum absolute atomic E-state index is 0.618. The van der Waals surface area contributed by atoms with Crippen LogP contribution in [0.15, 0.2) is 0 Å². The summed E-state index contributed by atoms with van der Waals surface area (Å²) in [5, 5.41) is 3.73. The maximum Gasteiger partial charge on any atom is 0.0244 e. The summed E-state index contributed by atoms with van der Waals surface area (Å²) in [5.74, 6) is 2.25. The Morgan fingerprint density at radius 3 is 2.58 bits per heavy atom. The third-order valence-electron chi connectivity index (χ3n) is 4.47. The van der Waals surface area contributed by atoms with Crippen LogP contribution in [0.4, 0.5) is 0 Å². The molecular weight excluding hydrogens is 256 g/mol. The van der Waals surface area contributed by atoms with Gasteiger partial charge in [-0.05, 0) is 24.8 Å². The lowest BCUT2D eigenvalue weighted by Crippen LogP contribution is -2.60. The summed E-state index contributed by atoms with van der Waals surface area (Å²) in [5.41, 5.74) is 0. The number of rotatable bonds is 7. The number of hydrogen-bond donors (Lipinski definition) is 1. The smallest absolute Gasteiger partial charge is 0.0244 e. The summed E-state index contributed by atoms with van der Waals surface area (Å²) in [6.45, 7) is 12.6. The second kappa shape index (κ2) is 8.38. The van der Waals surface area contributed by atoms with Crippen molar-refractivity contribution >= 4 is 10.8 Å². The molecule has 1 heterocycles. The van der Waals surface area contributed by atoms with E-state index in [1.165, 1.54) is 6.42 Å². The first-order chi connectivity index (χ1) is 8.95. The van der Waals surface area contributed by atoms with Crippen molar-refractivity contribution in [3.8, 4) is 0 Å². The van der Waals surface area contributed by atoms with Crippen molar-refractivity contribution in [2.45, 2.75) is 52.6 Å². The molecular formula is C15H32N2OS. The Hall–Kier alpha value is 0.0700. The minimum atomic E-state index is -0.653. The second-order valence-corrected chi connectivity index (χ2v) is 7.89. The molecule has 1 N–H and O–H groups in total. The average Bonchev–Trinajstić information content (AvgIpc) is 2.37. The molecule has 1 saturated heterocycles. The third kappa shape index (κ3) is 5.52. The molecule has 1 aliphatic heterocycles. The molecule has 0 aromatic heterocycles. The zero-order valence-electron chi connectivity index (χ0n) is 13.3. The van der Waals surface area contributed by atoms with E-state index in [-0.39, 0.29) is 0 Å². The lowest BCUT2D eigenvalue weighted by Gasteiger charge is -2.44. The molecule has 3 nitrogen and oxygen atoms in total. The van der Waals surface area contributed by atoms with Crippen LogP contribution in [-0.2, 0) is 10.8 Å². The molecule has 19 heavy (non-hydrogen) atoms. The molecule has 0 radical (unpaired) electrons. The topological polar surface area (TPSA) is 32.3 Å². The van der Waals surface area contributed by atoms with Crippen LogP contribution in [0.2, 0.25) is 0 Å². The summed E-state index contributed by atoms with van der Waals surface area (Å²) in [4.78, 5) is 2.63. The number of nitrogens with zero attached hydrogens (tertiary/aromatic N) is 1. The van der Waals surface area contributed by atoms with Crippen LogP contribution in [0, 0.1) is 11.8 Å². The summed E-state index contributed by atoms with van der Waals surface area (Å²) < 4.78 is 11.2. The van der Waals surface area contributed by atoms with E-state index < -0.39 is 10.8 Å². The van der Waals surface area contributed by atoms with Gasteiger partial charge in [0.2, 0.25) is 0 Å². The van der Waals surface area contributed by atoms with Crippen LogP contribution >= 0.6 is 0 Å². The quantitative estimate of drug-likeness (QED) is 0.778. The molecule has 4 heteroatoms. The predicted molar refractivity (Wildman–Crippen MR) is 85.0 cm³/mol. The van der Waals surface area contributed by atoms with E-state index in [2.05, 4.69) is 37.9 Å². The SMILES string of the molecule is CCC(C)C1CN(CCCS(C)=O)C(C(C)C)CN1. The molecule has 0 aromatic rings. The maximum atomic E-state index is 11.2. The van der Waals surface area contributed by atoms with Gasteiger partial charge < -0.3 is 5.32 Å². The van der Waals surface area contributed by atoms with Gasteiger partial charge in [0.05, 0.1) is 0 Å². The summed E-state index contributed by atoms with van der Waals surface area (Å²) >= 11 is 0. The Balaban J connectivity index is 2.54. The number of piperazine rings is 1. The predicted octanol–water partition coefficient (Wildman–Crippen LogP) is 2.10. The summed E-state index contributed by atoms with van der Waals surface area (Å²) in [6, 6.07) is 1.25. The Morgan fingerprint density at radius 1 is 1.37 bits per heavy atom. The van der Waals surface area contributed by atoms with Crippen molar-refractivity contribution in [2.24, 2.45) is 11.8 Å². The lowest BCUT2D eigenvalue weighted by molar-refractivity contribution is 0.0824. The van der Waals surface area contributed by atoms with E-state index in [0.717, 1.165) is 37.7 Å². The van der Waals surface area contributed by atoms with E-state index in [0.29, 0.717) is 18.0 Å². The zero-order chi connectivity index (χ0) is 14.4. The highest BCUT2D eigenvalue weighted by atomic mass is 32.2. The molecule has 1 fully saturated rings. The average molecular weight is 289 g/mol. The highest BCUT2D eigenvalue weighted by Crippen LogP contribution is 2.20. The fraction of sp³-hybridized carbons (Fsp3) is 1.00. The Labute approximate surface area is 122 Å². The van der Waals surface area contributed by atoms with Gasteiger partial charge in [-0.2, -0.15) is 0 Å². The van der Waals surface area contributed by atoms with Crippen molar-refractivity contribution in [2.75, 3.05) is 31.6 Å². The molecule has 0 spiro atoms. The van der Waals surface area contributed by atoms with E-state index in [9.17, 15) is 4.21 Å². The minimum Gasteiger partial charge on any atom is -0.311 e. The molecule has 114 valence electrons. The summed E-state index contributed by atoms with van der Waals surface area (Å²) in [7, 11) is -0.653. The maximum absolute atomic E-state index is 11.2. The first kappa shape index (κ1) is 17.1. The lowest BCUT2D eigenvalue weighted by atomic mass is 9.92. The molecule has 1 rings (SSSR count). The van der Waals surface area contributed by atoms with E-state index in [1.807, 2.05) is 0 Å². The van der Waals surface area contributed by atoms with Gasteiger partial charge in [0, 0.05) is 48.0 Å². The Morgan fingerprint density at radius 2 is 2.05 bits per heavy atom. The largest absolute Gasteiger partial charge is 0.311 e. The van der Waals surface area contributed by atoms with Crippen molar-refractivity contribution in [3.05, 3.63) is 0 Å². The Bertz CT molecular complexity index is 283. The third-order valence-corrected chi connectivity index (χ3v) is 5.33. The first-order valence-corrected chi connectivity index (χ1v) is 9.45. The molecule has 4 atom stereocenters. The van der Waals surface area contributed by atoms with E-state index in [4.69, 9.17) is 0 Å². The van der Waals surface area contributed by atoms with Crippen LogP contribution in [0.1, 0.15) is 40.5 Å². The van der Waals surface area contributed by atoms with Crippen LogP contribution in [0.5, 0.6) is 0 Å². The fourth-order valence-electron chi connectivity index (χ4n) is 2.90. The van der Waals surface area contributed by atoms with Crippen LogP contribution in [0.25, 0.3) is 0 Å². The number of hydrogen-bond acceptors (Lipinski definition) is 3. The standard InChI is InChI=1S/C15H32N2OS/c1-6-13(4)14-11-17(8-7-9-19(5)18)15(10-16-14)12(2)3/h12-16H,6-11H2,1-5H3. The molecule has 0 aliphatic carbocycles. The zero-order valence-corrected chi connectivity index (χ0v) is 14.1.